The first-order valence-corrected chi connectivity index (χ1v) is 5.44. The zero-order valence-electron chi connectivity index (χ0n) is 9.84. The van der Waals surface area contributed by atoms with Crippen molar-refractivity contribution in [2.75, 3.05) is 0 Å². The summed E-state index contributed by atoms with van der Waals surface area (Å²) in [6, 6.07) is 5.00. The van der Waals surface area contributed by atoms with E-state index in [9.17, 15) is 26.7 Å². The van der Waals surface area contributed by atoms with E-state index < -0.39 is 23.4 Å². The molecule has 0 aliphatic carbocycles. The molecule has 0 fully saturated rings. The SMILES string of the molecule is O=Cc1cc(-c2ccc(F)cc2F)cc(C(F)(F)F)c1. The van der Waals surface area contributed by atoms with Gasteiger partial charge in [0, 0.05) is 17.2 Å². The van der Waals surface area contributed by atoms with E-state index in [-0.39, 0.29) is 23.0 Å². The van der Waals surface area contributed by atoms with Crippen molar-refractivity contribution in [2.24, 2.45) is 0 Å². The summed E-state index contributed by atoms with van der Waals surface area (Å²) in [6.07, 6.45) is -4.43. The Bertz CT molecular complexity index is 661. The maximum atomic E-state index is 13.6. The number of benzene rings is 2. The first-order valence-electron chi connectivity index (χ1n) is 5.44. The second kappa shape index (κ2) is 5.03. The summed E-state index contributed by atoms with van der Waals surface area (Å²) in [4.78, 5) is 10.7. The number of alkyl halides is 3. The number of halogens is 5. The molecule has 20 heavy (non-hydrogen) atoms. The summed E-state index contributed by atoms with van der Waals surface area (Å²) in [5, 5.41) is 0. The van der Waals surface area contributed by atoms with E-state index in [0.717, 1.165) is 18.2 Å². The number of carbonyl (C=O) groups is 1. The van der Waals surface area contributed by atoms with E-state index in [4.69, 9.17) is 0 Å². The van der Waals surface area contributed by atoms with E-state index in [2.05, 4.69) is 0 Å². The molecule has 0 heterocycles. The van der Waals surface area contributed by atoms with Gasteiger partial charge in [0.05, 0.1) is 5.56 Å². The molecule has 2 aromatic rings. The summed E-state index contributed by atoms with van der Waals surface area (Å²) in [5.41, 5.74) is -1.65. The van der Waals surface area contributed by atoms with Crippen LogP contribution >= 0.6 is 0 Å². The fourth-order valence-corrected chi connectivity index (χ4v) is 1.76. The molecule has 0 unspecified atom stereocenters. The highest BCUT2D eigenvalue weighted by atomic mass is 19.4. The van der Waals surface area contributed by atoms with Crippen LogP contribution < -0.4 is 0 Å². The molecule has 104 valence electrons. The van der Waals surface area contributed by atoms with Crippen LogP contribution in [0.2, 0.25) is 0 Å². The molecule has 0 amide bonds. The van der Waals surface area contributed by atoms with Crippen molar-refractivity contribution in [3.63, 3.8) is 0 Å². The Morgan fingerprint density at radius 3 is 2.20 bits per heavy atom. The lowest BCUT2D eigenvalue weighted by Crippen LogP contribution is -2.06. The minimum Gasteiger partial charge on any atom is -0.298 e. The van der Waals surface area contributed by atoms with Gasteiger partial charge in [-0.05, 0) is 35.9 Å². The lowest BCUT2D eigenvalue weighted by molar-refractivity contribution is -0.137. The Kier molecular flexibility index (Phi) is 3.57. The zero-order chi connectivity index (χ0) is 14.9. The molecule has 0 saturated carbocycles. The molecule has 0 atom stereocenters. The number of rotatable bonds is 2. The molecule has 0 saturated heterocycles. The molecule has 2 aromatic carbocycles. The normalized spacial score (nSPS) is 11.4. The van der Waals surface area contributed by atoms with Crippen LogP contribution in [0.5, 0.6) is 0 Å². The summed E-state index contributed by atoms with van der Waals surface area (Å²) >= 11 is 0. The Labute approximate surface area is 110 Å². The third-order valence-electron chi connectivity index (χ3n) is 2.66. The van der Waals surface area contributed by atoms with Gasteiger partial charge in [-0.25, -0.2) is 8.78 Å². The monoisotopic (exact) mass is 286 g/mol. The number of carbonyl (C=O) groups excluding carboxylic acids is 1. The molecular weight excluding hydrogens is 279 g/mol. The third-order valence-corrected chi connectivity index (χ3v) is 2.66. The van der Waals surface area contributed by atoms with Crippen molar-refractivity contribution in [2.45, 2.75) is 6.18 Å². The average molecular weight is 286 g/mol. The number of hydrogen-bond donors (Lipinski definition) is 0. The molecule has 0 aliphatic heterocycles. The standard InChI is InChI=1S/C14H7F5O/c15-11-1-2-12(13(16)6-11)9-3-8(7-20)4-10(5-9)14(17,18)19/h1-7H. The van der Waals surface area contributed by atoms with Gasteiger partial charge in [0.1, 0.15) is 17.9 Å². The second-order valence-electron chi connectivity index (χ2n) is 4.08. The van der Waals surface area contributed by atoms with Gasteiger partial charge >= 0.3 is 6.18 Å². The summed E-state index contributed by atoms with van der Waals surface area (Å²) in [7, 11) is 0. The fourth-order valence-electron chi connectivity index (χ4n) is 1.76. The minimum absolute atomic E-state index is 0.139. The predicted molar refractivity (Wildman–Crippen MR) is 62.2 cm³/mol. The summed E-state index contributed by atoms with van der Waals surface area (Å²) < 4.78 is 64.5. The van der Waals surface area contributed by atoms with Gasteiger partial charge in [-0.2, -0.15) is 13.2 Å². The molecule has 6 heteroatoms. The van der Waals surface area contributed by atoms with Gasteiger partial charge in [-0.15, -0.1) is 0 Å². The van der Waals surface area contributed by atoms with Crippen LogP contribution in [0.4, 0.5) is 22.0 Å². The second-order valence-corrected chi connectivity index (χ2v) is 4.08. The van der Waals surface area contributed by atoms with Gasteiger partial charge < -0.3 is 0 Å². The zero-order valence-corrected chi connectivity index (χ0v) is 9.84. The van der Waals surface area contributed by atoms with Crippen LogP contribution in [0.1, 0.15) is 15.9 Å². The topological polar surface area (TPSA) is 17.1 Å². The highest BCUT2D eigenvalue weighted by Crippen LogP contribution is 2.34. The summed E-state index contributed by atoms with van der Waals surface area (Å²) in [6.45, 7) is 0. The molecule has 1 nitrogen and oxygen atoms in total. The molecule has 0 aliphatic rings. The van der Waals surface area contributed by atoms with Crippen LogP contribution in [0, 0.1) is 11.6 Å². The molecule has 0 bridgehead atoms. The predicted octanol–water partition coefficient (Wildman–Crippen LogP) is 4.46. The highest BCUT2D eigenvalue weighted by Gasteiger charge is 2.31. The minimum atomic E-state index is -4.66. The van der Waals surface area contributed by atoms with Crippen molar-refractivity contribution in [1.29, 1.82) is 0 Å². The Balaban J connectivity index is 2.64. The van der Waals surface area contributed by atoms with Crippen molar-refractivity contribution in [1.82, 2.24) is 0 Å². The van der Waals surface area contributed by atoms with Crippen LogP contribution in [0.15, 0.2) is 36.4 Å². The first-order chi connectivity index (χ1) is 9.31. The number of hydrogen-bond acceptors (Lipinski definition) is 1. The Hall–Kier alpha value is -2.24. The molecule has 2 rings (SSSR count). The highest BCUT2D eigenvalue weighted by molar-refractivity contribution is 5.80. The van der Waals surface area contributed by atoms with E-state index in [0.29, 0.717) is 18.2 Å². The van der Waals surface area contributed by atoms with E-state index in [1.165, 1.54) is 0 Å². The van der Waals surface area contributed by atoms with E-state index in [1.807, 2.05) is 0 Å². The maximum Gasteiger partial charge on any atom is 0.416 e. The van der Waals surface area contributed by atoms with Gasteiger partial charge in [0.15, 0.2) is 0 Å². The average Bonchev–Trinajstić information content (AvgIpc) is 2.37. The maximum absolute atomic E-state index is 13.6. The lowest BCUT2D eigenvalue weighted by atomic mass is 9.99. The van der Waals surface area contributed by atoms with Crippen molar-refractivity contribution in [3.8, 4) is 11.1 Å². The number of aldehydes is 1. The Morgan fingerprint density at radius 2 is 1.65 bits per heavy atom. The smallest absolute Gasteiger partial charge is 0.298 e. The van der Waals surface area contributed by atoms with Crippen molar-refractivity contribution < 1.29 is 26.7 Å². The van der Waals surface area contributed by atoms with Crippen LogP contribution in [-0.4, -0.2) is 6.29 Å². The van der Waals surface area contributed by atoms with Crippen molar-refractivity contribution >= 4 is 6.29 Å². The third kappa shape index (κ3) is 2.84. The summed E-state index contributed by atoms with van der Waals surface area (Å²) in [5.74, 6) is -1.84. The molecule has 0 spiro atoms. The van der Waals surface area contributed by atoms with E-state index in [1.54, 1.807) is 0 Å². The van der Waals surface area contributed by atoms with Crippen molar-refractivity contribution in [3.05, 3.63) is 59.2 Å². The molecule has 0 radical (unpaired) electrons. The molecular formula is C14H7F5O. The van der Waals surface area contributed by atoms with Gasteiger partial charge in [0.2, 0.25) is 0 Å². The quantitative estimate of drug-likeness (QED) is 0.588. The van der Waals surface area contributed by atoms with Crippen LogP contribution in [-0.2, 0) is 6.18 Å². The Morgan fingerprint density at radius 1 is 0.950 bits per heavy atom. The largest absolute Gasteiger partial charge is 0.416 e. The van der Waals surface area contributed by atoms with Crippen LogP contribution in [0.3, 0.4) is 0 Å². The lowest BCUT2D eigenvalue weighted by Gasteiger charge is -2.11. The fraction of sp³-hybridized carbons (Fsp3) is 0.0714. The van der Waals surface area contributed by atoms with Gasteiger partial charge in [0.25, 0.3) is 0 Å². The first kappa shape index (κ1) is 14.2. The molecule has 0 N–H and O–H groups in total. The van der Waals surface area contributed by atoms with Gasteiger partial charge in [-0.3, -0.25) is 4.79 Å². The van der Waals surface area contributed by atoms with Crippen LogP contribution in [0.25, 0.3) is 11.1 Å². The van der Waals surface area contributed by atoms with Gasteiger partial charge in [-0.1, -0.05) is 0 Å². The molecule has 0 aromatic heterocycles. The van der Waals surface area contributed by atoms with E-state index >= 15 is 0 Å².